The molecule has 3 unspecified atom stereocenters. The Morgan fingerprint density at radius 3 is 0.564 bits per heavy atom. The minimum atomic E-state index is -5.02. The molecule has 0 heterocycles. The summed E-state index contributed by atoms with van der Waals surface area (Å²) in [4.78, 5) is 130. The maximum atomic E-state index is 12.4. The van der Waals surface area contributed by atoms with Gasteiger partial charge in [-0.2, -0.15) is 61.5 Å². The van der Waals surface area contributed by atoms with Gasteiger partial charge in [0.2, 0.25) is 0 Å². The summed E-state index contributed by atoms with van der Waals surface area (Å²) in [5, 5.41) is 0. The average Bonchev–Trinajstić information content (AvgIpc) is 0.869. The van der Waals surface area contributed by atoms with Crippen molar-refractivity contribution in [1.82, 2.24) is 0 Å². The second kappa shape index (κ2) is 52.4. The summed E-state index contributed by atoms with van der Waals surface area (Å²) in [6.07, 6.45) is -21.2. The Labute approximate surface area is 569 Å². The molecular weight excluding hydrogens is 1430 g/mol. The molecular formula is C59H88F18O24. The molecule has 0 aliphatic heterocycles. The summed E-state index contributed by atoms with van der Waals surface area (Å²) in [7, 11) is 0. The smallest absolute Gasteiger partial charge is 0.462 e. The van der Waals surface area contributed by atoms with Crippen LogP contribution >= 0.6 is 0 Å². The minimum absolute atomic E-state index is 0.193. The van der Waals surface area contributed by atoms with Crippen molar-refractivity contribution in [1.29, 1.82) is 0 Å². The highest BCUT2D eigenvalue weighted by atomic mass is 19.4. The van der Waals surface area contributed by atoms with Crippen LogP contribution in [0.3, 0.4) is 0 Å². The topological polar surface area (TPSA) is 316 Å². The van der Waals surface area contributed by atoms with E-state index >= 15 is 0 Å². The first-order valence-electron chi connectivity index (χ1n) is 30.0. The molecule has 3 atom stereocenters. The Hall–Kier alpha value is -7.62. The lowest BCUT2D eigenvalue weighted by Gasteiger charge is -2.20. The van der Waals surface area contributed by atoms with Gasteiger partial charge in [-0.1, -0.05) is 62.3 Å². The number of ether oxygens (including phenoxy) is 12. The summed E-state index contributed by atoms with van der Waals surface area (Å²) in [5.74, 6) is -26.2. The van der Waals surface area contributed by atoms with E-state index in [-0.39, 0.29) is 57.4 Å². The molecule has 0 bridgehead atoms. The first kappa shape index (κ1) is 104. The predicted molar refractivity (Wildman–Crippen MR) is 308 cm³/mol. The van der Waals surface area contributed by atoms with Crippen LogP contribution in [0.1, 0.15) is 142 Å². The summed E-state index contributed by atoms with van der Waals surface area (Å²) in [6, 6.07) is 0. The van der Waals surface area contributed by atoms with Crippen molar-refractivity contribution in [2.24, 2.45) is 34.0 Å². The van der Waals surface area contributed by atoms with Crippen LogP contribution in [0.5, 0.6) is 0 Å². The third-order valence-electron chi connectivity index (χ3n) is 12.6. The molecule has 0 aromatic rings. The van der Waals surface area contributed by atoms with E-state index in [1.54, 1.807) is 90.0 Å². The molecule has 0 amide bonds. The van der Waals surface area contributed by atoms with Crippen molar-refractivity contribution in [3.8, 4) is 0 Å². The predicted octanol–water partition coefficient (Wildman–Crippen LogP) is 11.3. The molecule has 0 rings (SSSR count). The molecule has 0 N–H and O–H groups in total. The van der Waals surface area contributed by atoms with Gasteiger partial charge in [-0.3, -0.25) is 28.8 Å². The fourth-order valence-electron chi connectivity index (χ4n) is 4.26. The Morgan fingerprint density at radius 2 is 0.416 bits per heavy atom. The zero-order chi connectivity index (χ0) is 80.7. The fourth-order valence-corrected chi connectivity index (χ4v) is 4.26. The van der Waals surface area contributed by atoms with Gasteiger partial charge in [-0.25, -0.2) is 46.3 Å². The third kappa shape index (κ3) is 49.6. The first-order chi connectivity index (χ1) is 46.0. The van der Waals surface area contributed by atoms with Crippen molar-refractivity contribution in [3.05, 3.63) is 0 Å². The van der Waals surface area contributed by atoms with Gasteiger partial charge >= 0.3 is 122 Å². The van der Waals surface area contributed by atoms with Gasteiger partial charge in [-0.15, -0.1) is 0 Å². The summed E-state index contributed by atoms with van der Waals surface area (Å²) in [6.45, 7) is 20.2. The number of rotatable bonds is 36. The Morgan fingerprint density at radius 1 is 0.257 bits per heavy atom. The quantitative estimate of drug-likeness (QED) is 0.0243. The largest absolute Gasteiger partial charge is 0.490 e. The van der Waals surface area contributed by atoms with Crippen LogP contribution in [0, 0.1) is 34.0 Å². The van der Waals surface area contributed by atoms with E-state index in [9.17, 15) is 137 Å². The molecule has 42 heteroatoms. The van der Waals surface area contributed by atoms with Gasteiger partial charge in [0.25, 0.3) is 0 Å². The lowest BCUT2D eigenvalue weighted by molar-refractivity contribution is -0.201. The van der Waals surface area contributed by atoms with E-state index in [0.29, 0.717) is 38.5 Å². The fraction of sp³-hybridized carbons (Fsp3) is 0.797. The lowest BCUT2D eigenvalue weighted by atomic mass is 9.91. The SMILES string of the molecule is CCC(C)(C)C(=O)OCCOC(=O)C(F)(F)C(F)F.CCC(C)(C)C(=O)OCCOC(=O)C(F)(F)F.CCC(C)(C)C(=O)OCCOC(=O)C(F)F.CCC(C)C(=O)OCCOC(=O)C(F)(F)C(F)F.CCC(C)C(=O)OCCOC(=O)C(F)(F)F.CCC(C)C(=O)OCCOC(=O)C(F)F. The summed E-state index contributed by atoms with van der Waals surface area (Å²) >= 11 is 0. The van der Waals surface area contributed by atoms with Crippen LogP contribution in [-0.2, 0) is 114 Å². The molecule has 0 aromatic carbocycles. The number of hydrogen-bond acceptors (Lipinski definition) is 24. The molecule has 0 saturated heterocycles. The number of hydrogen-bond donors (Lipinski definition) is 0. The maximum Gasteiger partial charge on any atom is 0.490 e. The van der Waals surface area contributed by atoms with E-state index in [0.717, 1.165) is 0 Å². The molecule has 101 heavy (non-hydrogen) atoms. The van der Waals surface area contributed by atoms with E-state index < -0.39 is 177 Å². The van der Waals surface area contributed by atoms with Crippen LogP contribution in [0.15, 0.2) is 0 Å². The van der Waals surface area contributed by atoms with E-state index in [4.69, 9.17) is 4.74 Å². The number of alkyl halides is 18. The average molecular weight is 1520 g/mol. The van der Waals surface area contributed by atoms with Crippen LogP contribution < -0.4 is 0 Å². The maximum absolute atomic E-state index is 12.4. The molecule has 0 fully saturated rings. The molecule has 24 nitrogen and oxygen atoms in total. The Bertz CT molecular complexity index is 2480. The third-order valence-corrected chi connectivity index (χ3v) is 12.6. The number of halogens is 18. The summed E-state index contributed by atoms with van der Waals surface area (Å²) < 4.78 is 265. The zero-order valence-electron chi connectivity index (χ0n) is 57.9. The van der Waals surface area contributed by atoms with E-state index in [2.05, 4.69) is 52.1 Å². The van der Waals surface area contributed by atoms with Gasteiger partial charge in [0.1, 0.15) is 79.3 Å². The standard InChI is InChI=1S/C11H16F4O4.C10H14F4O4.C10H15F3O4.C10H16F2O4.C9H13F3O4.C9H14F2O4/c1-4-10(2,3)8(16)18-5-6-19-9(17)11(14,15)7(12)13;1-3-6(2)7(15)17-4-5-18-9(16)10(13,14)8(11)12;1-4-9(2,3)7(14)16-5-6-17-8(15)10(11,12)13;1-4-10(2,3)9(14)16-6-5-15-8(13)7(11)12;1-3-6(2)7(13)15-4-5-16-8(14)9(10,11)12;1-3-6(2)8(12)14-4-5-15-9(13)7(10)11/h7H,4-6H2,1-3H3;6,8H,3-5H2,1-2H3;4-6H2,1-3H3;7H,4-6H2,1-3H3;6H,3-5H2,1-2H3;6-7H,3-5H2,1-2H3. The van der Waals surface area contributed by atoms with Gasteiger partial charge in [-0.05, 0) is 80.1 Å². The summed E-state index contributed by atoms with van der Waals surface area (Å²) in [5.41, 5.74) is -2.07. The van der Waals surface area contributed by atoms with Crippen molar-refractivity contribution in [2.75, 3.05) is 79.3 Å². The highest BCUT2D eigenvalue weighted by Crippen LogP contribution is 2.27. The molecule has 0 aliphatic carbocycles. The molecule has 0 saturated carbocycles. The van der Waals surface area contributed by atoms with Gasteiger partial charge in [0.05, 0.1) is 34.0 Å². The van der Waals surface area contributed by atoms with Crippen LogP contribution in [-0.4, -0.2) is 201 Å². The van der Waals surface area contributed by atoms with Crippen LogP contribution in [0.25, 0.3) is 0 Å². The van der Waals surface area contributed by atoms with Crippen molar-refractivity contribution in [2.45, 2.75) is 192 Å². The van der Waals surface area contributed by atoms with E-state index in [1.807, 2.05) is 13.8 Å². The highest BCUT2D eigenvalue weighted by Gasteiger charge is 2.52. The van der Waals surface area contributed by atoms with E-state index in [1.165, 1.54) is 0 Å². The highest BCUT2D eigenvalue weighted by molar-refractivity contribution is 5.80. The molecule has 0 aliphatic rings. The lowest BCUT2D eigenvalue weighted by Crippen LogP contribution is -2.38. The van der Waals surface area contributed by atoms with Gasteiger partial charge in [0.15, 0.2) is 0 Å². The number of esters is 12. The Kier molecular flexibility index (Phi) is 54.1. The molecule has 0 spiro atoms. The van der Waals surface area contributed by atoms with Crippen molar-refractivity contribution < 1.29 is 193 Å². The van der Waals surface area contributed by atoms with Crippen LogP contribution in [0.2, 0.25) is 0 Å². The Balaban J connectivity index is -0.000000269. The zero-order valence-corrected chi connectivity index (χ0v) is 57.9. The molecule has 0 aromatic heterocycles. The molecule has 0 radical (unpaired) electrons. The van der Waals surface area contributed by atoms with Crippen LogP contribution in [0.4, 0.5) is 79.0 Å². The second-order valence-electron chi connectivity index (χ2n) is 21.9. The van der Waals surface area contributed by atoms with Crippen molar-refractivity contribution in [3.63, 3.8) is 0 Å². The monoisotopic (exact) mass is 1520 g/mol. The van der Waals surface area contributed by atoms with Gasteiger partial charge in [0, 0.05) is 0 Å². The van der Waals surface area contributed by atoms with Crippen molar-refractivity contribution >= 4 is 71.6 Å². The second-order valence-corrected chi connectivity index (χ2v) is 21.9. The number of carbonyl (C=O) groups is 12. The van der Waals surface area contributed by atoms with Gasteiger partial charge < -0.3 is 56.8 Å². The molecule has 594 valence electrons. The minimum Gasteiger partial charge on any atom is -0.462 e. The normalized spacial score (nSPS) is 12.4. The number of carbonyl (C=O) groups excluding carboxylic acids is 12. The first-order valence-corrected chi connectivity index (χ1v) is 30.0.